The SMILES string of the molecule is C[C](N)([Pt])CCC(N)(Cl)Cl. The summed E-state index contributed by atoms with van der Waals surface area (Å²) >= 11 is 13.2. The summed E-state index contributed by atoms with van der Waals surface area (Å²) in [6.07, 6.45) is 1.21. The first-order valence-electron chi connectivity index (χ1n) is 2.82. The molecule has 4 N–H and O–H groups in total. The molecule has 0 saturated heterocycles. The summed E-state index contributed by atoms with van der Waals surface area (Å²) in [6, 6.07) is 0. The molecule has 0 radical (unpaired) electrons. The van der Waals surface area contributed by atoms with Crippen LogP contribution >= 0.6 is 23.2 Å². The average Bonchev–Trinajstić information content (AvgIpc) is 1.57. The average molecular weight is 365 g/mol. The third kappa shape index (κ3) is 9.19. The maximum atomic E-state index is 5.66. The van der Waals surface area contributed by atoms with Crippen LogP contribution in [0.2, 0.25) is 0 Å². The van der Waals surface area contributed by atoms with Gasteiger partial charge in [0.05, 0.1) is 0 Å². The summed E-state index contributed by atoms with van der Waals surface area (Å²) in [5.74, 6) is 0. The van der Waals surface area contributed by atoms with Gasteiger partial charge in [-0.1, -0.05) is 0 Å². The molecule has 1 atom stereocenters. The fourth-order valence-electron chi connectivity index (χ4n) is 0.403. The van der Waals surface area contributed by atoms with Gasteiger partial charge in [0.2, 0.25) is 0 Å². The van der Waals surface area contributed by atoms with Gasteiger partial charge in [0, 0.05) is 0 Å². The van der Waals surface area contributed by atoms with E-state index in [1.165, 1.54) is 0 Å². The topological polar surface area (TPSA) is 52.0 Å². The van der Waals surface area contributed by atoms with E-state index >= 15 is 0 Å². The number of halogens is 2. The van der Waals surface area contributed by atoms with Crippen LogP contribution in [0.25, 0.3) is 0 Å². The molecule has 0 rings (SSSR count). The van der Waals surface area contributed by atoms with Gasteiger partial charge in [-0.3, -0.25) is 0 Å². The Morgan fingerprint density at radius 1 is 1.30 bits per heavy atom. The summed E-state index contributed by atoms with van der Waals surface area (Å²) in [5, 5.41) is 0. The fraction of sp³-hybridized carbons (Fsp3) is 1.00. The van der Waals surface area contributed by atoms with E-state index in [4.69, 9.17) is 34.7 Å². The summed E-state index contributed by atoms with van der Waals surface area (Å²) < 4.78 is -1.40. The molecule has 0 heterocycles. The second-order valence-electron chi connectivity index (χ2n) is 2.47. The summed E-state index contributed by atoms with van der Waals surface area (Å²) in [6.45, 7) is 1.90. The minimum absolute atomic E-state index is 0.269. The molecule has 0 amide bonds. The van der Waals surface area contributed by atoms with Crippen LogP contribution in [-0.4, -0.2) is 8.39 Å². The van der Waals surface area contributed by atoms with E-state index < -0.39 is 4.46 Å². The molecule has 0 aliphatic heterocycles. The predicted molar refractivity (Wildman–Crippen MR) is 40.5 cm³/mol. The second kappa shape index (κ2) is 3.73. The van der Waals surface area contributed by atoms with Gasteiger partial charge in [-0.25, -0.2) is 0 Å². The van der Waals surface area contributed by atoms with E-state index in [2.05, 4.69) is 19.8 Å². The Bertz CT molecular complexity index is 91.2. The Morgan fingerprint density at radius 2 is 1.70 bits per heavy atom. The van der Waals surface area contributed by atoms with E-state index in [0.29, 0.717) is 12.8 Å². The Hall–Kier alpha value is 1.19. The molecule has 65 valence electrons. The zero-order valence-corrected chi connectivity index (χ0v) is 9.43. The van der Waals surface area contributed by atoms with Gasteiger partial charge in [0.15, 0.2) is 0 Å². The first-order valence-corrected chi connectivity index (χ1v) is 4.71. The van der Waals surface area contributed by atoms with Crippen LogP contribution in [0.15, 0.2) is 0 Å². The van der Waals surface area contributed by atoms with Crippen molar-refractivity contribution in [3.8, 4) is 0 Å². The Labute approximate surface area is 82.5 Å². The first kappa shape index (κ1) is 11.2. The molecule has 10 heavy (non-hydrogen) atoms. The van der Waals surface area contributed by atoms with Gasteiger partial charge in [0.25, 0.3) is 0 Å². The zero-order valence-electron chi connectivity index (χ0n) is 5.64. The van der Waals surface area contributed by atoms with Crippen LogP contribution in [0.4, 0.5) is 0 Å². The Kier molecular flexibility index (Phi) is 4.17. The van der Waals surface area contributed by atoms with Crippen molar-refractivity contribution in [3.63, 3.8) is 0 Å². The number of hydrogen-bond acceptors (Lipinski definition) is 2. The van der Waals surface area contributed by atoms with Crippen molar-refractivity contribution in [2.24, 2.45) is 11.5 Å². The molecule has 2 nitrogen and oxygen atoms in total. The maximum absolute atomic E-state index is 5.66. The van der Waals surface area contributed by atoms with Crippen LogP contribution in [0, 0.1) is 0 Å². The van der Waals surface area contributed by atoms with Gasteiger partial charge in [-0.2, -0.15) is 0 Å². The van der Waals surface area contributed by atoms with Crippen LogP contribution in [0.3, 0.4) is 0 Å². The summed E-state index contributed by atoms with van der Waals surface area (Å²) in [4.78, 5) is 0. The van der Waals surface area contributed by atoms with Crippen molar-refractivity contribution >= 4 is 23.2 Å². The van der Waals surface area contributed by atoms with Gasteiger partial charge in [0.1, 0.15) is 0 Å². The summed E-state index contributed by atoms with van der Waals surface area (Å²) in [7, 11) is 0. The van der Waals surface area contributed by atoms with Crippen molar-refractivity contribution in [1.29, 1.82) is 0 Å². The summed E-state index contributed by atoms with van der Waals surface area (Å²) in [5.41, 5.74) is 11.0. The molecule has 0 aromatic rings. The van der Waals surface area contributed by atoms with Gasteiger partial charge < -0.3 is 0 Å². The molecular formula is C5H11Cl2N2Pt. The minimum atomic E-state index is -1.13. The molecule has 5 heteroatoms. The van der Waals surface area contributed by atoms with E-state index in [-0.39, 0.29) is 3.93 Å². The molecule has 0 spiro atoms. The van der Waals surface area contributed by atoms with Gasteiger partial charge in [-0.05, 0) is 0 Å². The molecular weight excluding hydrogens is 354 g/mol. The molecule has 0 saturated carbocycles. The molecule has 0 bridgehead atoms. The van der Waals surface area contributed by atoms with Crippen molar-refractivity contribution < 1.29 is 19.8 Å². The molecule has 0 fully saturated rings. The van der Waals surface area contributed by atoms with E-state index in [1.807, 2.05) is 6.92 Å². The predicted octanol–water partition coefficient (Wildman–Crippen LogP) is 1.08. The molecule has 0 aromatic carbocycles. The van der Waals surface area contributed by atoms with Gasteiger partial charge >= 0.3 is 82.6 Å². The van der Waals surface area contributed by atoms with Crippen molar-refractivity contribution in [3.05, 3.63) is 0 Å². The van der Waals surface area contributed by atoms with E-state index in [0.717, 1.165) is 0 Å². The molecule has 0 aliphatic carbocycles. The second-order valence-corrected chi connectivity index (χ2v) is 6.61. The van der Waals surface area contributed by atoms with Crippen molar-refractivity contribution in [1.82, 2.24) is 0 Å². The number of rotatable bonds is 3. The molecule has 1 unspecified atom stereocenters. The van der Waals surface area contributed by atoms with Crippen LogP contribution in [-0.2, 0) is 19.8 Å². The number of nitrogens with two attached hydrogens (primary N) is 2. The third-order valence-electron chi connectivity index (χ3n) is 0.932. The first-order chi connectivity index (χ1) is 4.21. The third-order valence-corrected chi connectivity index (χ3v) is 1.88. The van der Waals surface area contributed by atoms with Crippen LogP contribution < -0.4 is 11.5 Å². The van der Waals surface area contributed by atoms with Crippen molar-refractivity contribution in [2.45, 2.75) is 28.2 Å². The Morgan fingerprint density at radius 3 is 1.80 bits per heavy atom. The monoisotopic (exact) mass is 364 g/mol. The molecule has 0 aliphatic rings. The fourth-order valence-corrected chi connectivity index (χ4v) is 0.876. The van der Waals surface area contributed by atoms with Crippen LogP contribution in [0.1, 0.15) is 19.8 Å². The zero-order chi connectivity index (χ0) is 8.41. The van der Waals surface area contributed by atoms with E-state index in [9.17, 15) is 0 Å². The quantitative estimate of drug-likeness (QED) is 0.581. The number of hydrogen-bond donors (Lipinski definition) is 2. The van der Waals surface area contributed by atoms with Crippen LogP contribution in [0.5, 0.6) is 0 Å². The normalized spacial score (nSPS) is 18.7. The van der Waals surface area contributed by atoms with E-state index in [1.54, 1.807) is 0 Å². The molecule has 0 aromatic heterocycles. The Balaban J connectivity index is 3.56. The van der Waals surface area contributed by atoms with Gasteiger partial charge in [-0.15, -0.1) is 0 Å². The number of alkyl halides is 2. The van der Waals surface area contributed by atoms with Crippen molar-refractivity contribution in [2.75, 3.05) is 0 Å². The standard InChI is InChI=1S/C5H11Cl2N2.Pt/c1-4(8)2-3-5(6,7)9;/h2-3,8-9H2,1H3;.